The third-order valence-corrected chi connectivity index (χ3v) is 5.07. The van der Waals surface area contributed by atoms with Crippen LogP contribution in [0.1, 0.15) is 36.6 Å². The van der Waals surface area contributed by atoms with Crippen molar-refractivity contribution in [2.24, 2.45) is 5.92 Å². The molecule has 0 saturated carbocycles. The number of rotatable bonds is 6. The summed E-state index contributed by atoms with van der Waals surface area (Å²) in [5.41, 5.74) is 2.64. The highest BCUT2D eigenvalue weighted by Crippen LogP contribution is 2.34. The fourth-order valence-electron chi connectivity index (χ4n) is 3.37. The van der Waals surface area contributed by atoms with E-state index in [0.717, 1.165) is 16.7 Å². The van der Waals surface area contributed by atoms with Crippen LogP contribution in [0.5, 0.6) is 5.75 Å². The van der Waals surface area contributed by atoms with Gasteiger partial charge in [0.25, 0.3) is 0 Å². The maximum absolute atomic E-state index is 12.6. The molecule has 7 heteroatoms. The Hall–Kier alpha value is -2.73. The number of fused-ring (bicyclic) bond motifs is 1. The molecule has 0 bridgehead atoms. The van der Waals surface area contributed by atoms with Gasteiger partial charge in [-0.3, -0.25) is 4.90 Å². The molecular weight excluding hydrogens is 406 g/mol. The van der Waals surface area contributed by atoms with Crippen molar-refractivity contribution in [3.8, 4) is 5.75 Å². The van der Waals surface area contributed by atoms with Crippen LogP contribution in [0.25, 0.3) is 0 Å². The lowest BCUT2D eigenvalue weighted by atomic mass is 9.92. The van der Waals surface area contributed by atoms with Gasteiger partial charge in [0.05, 0.1) is 13.7 Å². The molecule has 3 rings (SSSR count). The van der Waals surface area contributed by atoms with Gasteiger partial charge >= 0.3 is 12.1 Å². The number of hydrogen-bond acceptors (Lipinski definition) is 5. The predicted octanol–water partition coefficient (Wildman–Crippen LogP) is 4.78. The lowest BCUT2D eigenvalue weighted by Gasteiger charge is -2.35. The molecule has 2 aromatic rings. The van der Waals surface area contributed by atoms with Crippen LogP contribution in [0, 0.1) is 5.92 Å². The standard InChI is InChI=1S/C23H26ClNO5/c1-15(2)13-30-23(27)25-10-9-17-12-19(7-8-20(17)21(25)22(26)28-3)29-14-16-5-4-6-18(24)11-16/h4-8,11-12,15,21H,9-10,13-14H2,1-3H3. The number of carbonyl (C=O) groups is 2. The minimum absolute atomic E-state index is 0.210. The smallest absolute Gasteiger partial charge is 0.410 e. The summed E-state index contributed by atoms with van der Waals surface area (Å²) in [5, 5.41) is 0.659. The summed E-state index contributed by atoms with van der Waals surface area (Å²) < 4.78 is 16.2. The first-order chi connectivity index (χ1) is 14.4. The van der Waals surface area contributed by atoms with Crippen molar-refractivity contribution < 1.29 is 23.8 Å². The minimum atomic E-state index is -0.833. The second-order valence-corrected chi connectivity index (χ2v) is 8.06. The largest absolute Gasteiger partial charge is 0.489 e. The maximum atomic E-state index is 12.6. The molecule has 30 heavy (non-hydrogen) atoms. The summed E-state index contributed by atoms with van der Waals surface area (Å²) in [6.07, 6.45) is 0.0829. The molecule has 6 nitrogen and oxygen atoms in total. The van der Waals surface area contributed by atoms with E-state index in [1.54, 1.807) is 6.07 Å². The Balaban J connectivity index is 1.78. The van der Waals surface area contributed by atoms with Gasteiger partial charge < -0.3 is 14.2 Å². The van der Waals surface area contributed by atoms with Crippen LogP contribution in [0.15, 0.2) is 42.5 Å². The molecule has 160 valence electrons. The monoisotopic (exact) mass is 431 g/mol. The molecule has 0 spiro atoms. The van der Waals surface area contributed by atoms with Crippen molar-refractivity contribution in [2.45, 2.75) is 32.9 Å². The second-order valence-electron chi connectivity index (χ2n) is 7.62. The molecule has 1 aliphatic rings. The van der Waals surface area contributed by atoms with Gasteiger partial charge in [-0.05, 0) is 53.3 Å². The van der Waals surface area contributed by atoms with Crippen LogP contribution in [-0.2, 0) is 27.3 Å². The highest BCUT2D eigenvalue weighted by molar-refractivity contribution is 6.30. The van der Waals surface area contributed by atoms with Gasteiger partial charge in [0.2, 0.25) is 0 Å². The number of ether oxygens (including phenoxy) is 3. The van der Waals surface area contributed by atoms with Crippen LogP contribution in [-0.4, -0.2) is 37.2 Å². The topological polar surface area (TPSA) is 65.1 Å². The van der Waals surface area contributed by atoms with Crippen molar-refractivity contribution in [1.82, 2.24) is 4.90 Å². The molecule has 1 unspecified atom stereocenters. The fraction of sp³-hybridized carbons (Fsp3) is 0.391. The number of methoxy groups -OCH3 is 1. The van der Waals surface area contributed by atoms with E-state index >= 15 is 0 Å². The zero-order chi connectivity index (χ0) is 21.7. The van der Waals surface area contributed by atoms with Crippen molar-refractivity contribution in [1.29, 1.82) is 0 Å². The first-order valence-corrected chi connectivity index (χ1v) is 10.3. The minimum Gasteiger partial charge on any atom is -0.489 e. The molecule has 0 aromatic heterocycles. The molecule has 0 N–H and O–H groups in total. The predicted molar refractivity (Wildman–Crippen MR) is 114 cm³/mol. The fourth-order valence-corrected chi connectivity index (χ4v) is 3.58. The van der Waals surface area contributed by atoms with Crippen LogP contribution in [0.3, 0.4) is 0 Å². The number of nitrogens with zero attached hydrogens (tertiary/aromatic N) is 1. The van der Waals surface area contributed by atoms with Crippen LogP contribution in [0.2, 0.25) is 5.02 Å². The molecule has 0 fully saturated rings. The Labute approximate surface area is 181 Å². The van der Waals surface area contributed by atoms with E-state index in [1.807, 2.05) is 50.2 Å². The summed E-state index contributed by atoms with van der Waals surface area (Å²) in [5.74, 6) is 0.403. The van der Waals surface area contributed by atoms with Crippen molar-refractivity contribution in [3.05, 3.63) is 64.2 Å². The number of hydrogen-bond donors (Lipinski definition) is 0. The molecule has 0 aliphatic carbocycles. The Morgan fingerprint density at radius 1 is 1.20 bits per heavy atom. The summed E-state index contributed by atoms with van der Waals surface area (Å²) in [4.78, 5) is 26.5. The van der Waals surface area contributed by atoms with Crippen LogP contribution in [0.4, 0.5) is 4.79 Å². The lowest BCUT2D eigenvalue weighted by Crippen LogP contribution is -2.44. The molecule has 0 radical (unpaired) electrons. The van der Waals surface area contributed by atoms with Gasteiger partial charge in [-0.1, -0.05) is 43.6 Å². The Kier molecular flexibility index (Phi) is 7.21. The summed E-state index contributed by atoms with van der Waals surface area (Å²) in [6.45, 7) is 4.96. The molecule has 1 aliphatic heterocycles. The number of benzene rings is 2. The quantitative estimate of drug-likeness (QED) is 0.615. The van der Waals surface area contributed by atoms with Crippen molar-refractivity contribution in [3.63, 3.8) is 0 Å². The zero-order valence-electron chi connectivity index (χ0n) is 17.4. The van der Waals surface area contributed by atoms with E-state index in [2.05, 4.69) is 0 Å². The second kappa shape index (κ2) is 9.85. The molecule has 2 aromatic carbocycles. The van der Waals surface area contributed by atoms with Gasteiger partial charge in [0, 0.05) is 11.6 Å². The van der Waals surface area contributed by atoms with E-state index < -0.39 is 18.1 Å². The first kappa shape index (κ1) is 22.0. The maximum Gasteiger partial charge on any atom is 0.410 e. The Bertz CT molecular complexity index is 914. The van der Waals surface area contributed by atoms with Gasteiger partial charge in [-0.15, -0.1) is 0 Å². The summed E-state index contributed by atoms with van der Waals surface area (Å²) in [6, 6.07) is 12.2. The zero-order valence-corrected chi connectivity index (χ0v) is 18.1. The van der Waals surface area contributed by atoms with E-state index in [1.165, 1.54) is 12.0 Å². The number of carbonyl (C=O) groups excluding carboxylic acids is 2. The highest BCUT2D eigenvalue weighted by Gasteiger charge is 2.37. The van der Waals surface area contributed by atoms with Crippen LogP contribution >= 0.6 is 11.6 Å². The summed E-state index contributed by atoms with van der Waals surface area (Å²) >= 11 is 6.02. The van der Waals surface area contributed by atoms with Crippen molar-refractivity contribution >= 4 is 23.7 Å². The van der Waals surface area contributed by atoms with E-state index in [9.17, 15) is 9.59 Å². The average molecular weight is 432 g/mol. The number of amides is 1. The third-order valence-electron chi connectivity index (χ3n) is 4.84. The molecule has 1 heterocycles. The van der Waals surface area contributed by atoms with E-state index in [0.29, 0.717) is 37.0 Å². The first-order valence-electron chi connectivity index (χ1n) is 9.90. The number of esters is 1. The van der Waals surface area contributed by atoms with Crippen molar-refractivity contribution in [2.75, 3.05) is 20.3 Å². The average Bonchev–Trinajstić information content (AvgIpc) is 2.74. The van der Waals surface area contributed by atoms with Crippen LogP contribution < -0.4 is 4.74 Å². The van der Waals surface area contributed by atoms with Gasteiger partial charge in [0.15, 0.2) is 6.04 Å². The normalized spacial score (nSPS) is 15.5. The lowest BCUT2D eigenvalue weighted by molar-refractivity contribution is -0.147. The SMILES string of the molecule is COC(=O)C1c2ccc(OCc3cccc(Cl)c3)cc2CCN1C(=O)OCC(C)C. The molecule has 1 atom stereocenters. The van der Waals surface area contributed by atoms with E-state index in [-0.39, 0.29) is 5.92 Å². The Morgan fingerprint density at radius 3 is 2.70 bits per heavy atom. The van der Waals surface area contributed by atoms with Gasteiger partial charge in [0.1, 0.15) is 12.4 Å². The highest BCUT2D eigenvalue weighted by atomic mass is 35.5. The molecule has 1 amide bonds. The number of halogens is 1. The van der Waals surface area contributed by atoms with E-state index in [4.69, 9.17) is 25.8 Å². The Morgan fingerprint density at radius 2 is 2.00 bits per heavy atom. The molecule has 0 saturated heterocycles. The third kappa shape index (κ3) is 5.25. The molecular formula is C23H26ClNO5. The van der Waals surface area contributed by atoms with Gasteiger partial charge in [-0.2, -0.15) is 0 Å². The van der Waals surface area contributed by atoms with Gasteiger partial charge in [-0.25, -0.2) is 9.59 Å². The summed E-state index contributed by atoms with van der Waals surface area (Å²) in [7, 11) is 1.32.